The molecule has 3 aliphatic rings. The number of halogens is 1. The zero-order valence-electron chi connectivity index (χ0n) is 16.4. The van der Waals surface area contributed by atoms with Crippen LogP contribution in [0.15, 0.2) is 53.2 Å². The van der Waals surface area contributed by atoms with Crippen molar-refractivity contribution in [1.29, 1.82) is 0 Å². The molecule has 5 rings (SSSR count). The molecule has 30 heavy (non-hydrogen) atoms. The largest absolute Gasteiger partial charge is 0.463 e. The molecule has 0 bridgehead atoms. The highest BCUT2D eigenvalue weighted by atomic mass is 35.5. The topological polar surface area (TPSA) is 73.9 Å². The molecule has 0 aromatic heterocycles. The SMILES string of the molecule is CCOC(=O)C1=C(C)NC2=C(C(=O)c3ccccc32)[C@H]1c1cc2c(cc1Cl)OCO2. The lowest BCUT2D eigenvalue weighted by Crippen LogP contribution is -2.29. The molecule has 2 aliphatic heterocycles. The second-order valence-electron chi connectivity index (χ2n) is 7.21. The molecule has 0 amide bonds. The smallest absolute Gasteiger partial charge is 0.336 e. The Morgan fingerprint density at radius 2 is 1.90 bits per heavy atom. The minimum atomic E-state index is -0.692. The number of hydrogen-bond acceptors (Lipinski definition) is 6. The Balaban J connectivity index is 1.74. The van der Waals surface area contributed by atoms with Crippen LogP contribution in [-0.4, -0.2) is 25.2 Å². The van der Waals surface area contributed by atoms with E-state index in [1.165, 1.54) is 0 Å². The van der Waals surface area contributed by atoms with E-state index >= 15 is 0 Å². The third-order valence-corrected chi connectivity index (χ3v) is 5.87. The molecule has 0 saturated heterocycles. The van der Waals surface area contributed by atoms with Crippen molar-refractivity contribution in [1.82, 2.24) is 5.32 Å². The van der Waals surface area contributed by atoms with Crippen LogP contribution in [-0.2, 0) is 9.53 Å². The molecule has 1 N–H and O–H groups in total. The minimum absolute atomic E-state index is 0.0965. The molecular formula is C23H18ClNO5. The van der Waals surface area contributed by atoms with Crippen molar-refractivity contribution >= 4 is 29.1 Å². The van der Waals surface area contributed by atoms with E-state index < -0.39 is 11.9 Å². The zero-order chi connectivity index (χ0) is 21.0. The molecule has 0 spiro atoms. The summed E-state index contributed by atoms with van der Waals surface area (Å²) in [5.74, 6) is -0.259. The maximum Gasteiger partial charge on any atom is 0.336 e. The summed E-state index contributed by atoms with van der Waals surface area (Å²) in [6.07, 6.45) is 0. The Labute approximate surface area is 178 Å². The van der Waals surface area contributed by atoms with Crippen LogP contribution in [0.3, 0.4) is 0 Å². The third kappa shape index (κ3) is 2.64. The Morgan fingerprint density at radius 1 is 1.20 bits per heavy atom. The predicted molar refractivity (Wildman–Crippen MR) is 110 cm³/mol. The number of Topliss-reactive ketones (excluding diaryl/α,β-unsaturated/α-hetero) is 1. The number of carbonyl (C=O) groups excluding carboxylic acids is 2. The molecule has 0 fully saturated rings. The van der Waals surface area contributed by atoms with Gasteiger partial charge in [-0.1, -0.05) is 35.9 Å². The van der Waals surface area contributed by atoms with Crippen LogP contribution in [0.2, 0.25) is 5.02 Å². The quantitative estimate of drug-likeness (QED) is 0.746. The number of ketones is 1. The van der Waals surface area contributed by atoms with Crippen LogP contribution in [0.1, 0.15) is 41.3 Å². The van der Waals surface area contributed by atoms with Gasteiger partial charge in [0.15, 0.2) is 17.3 Å². The first-order chi connectivity index (χ1) is 14.5. The van der Waals surface area contributed by atoms with E-state index in [1.807, 2.05) is 18.2 Å². The second kappa shape index (κ2) is 6.92. The fraction of sp³-hybridized carbons (Fsp3) is 0.217. The van der Waals surface area contributed by atoms with Gasteiger partial charge >= 0.3 is 5.97 Å². The number of allylic oxidation sites excluding steroid dienone is 2. The summed E-state index contributed by atoms with van der Waals surface area (Å²) in [5, 5.41) is 3.65. The molecule has 2 aromatic rings. The van der Waals surface area contributed by atoms with E-state index in [4.69, 9.17) is 25.8 Å². The first kappa shape index (κ1) is 18.8. The van der Waals surface area contributed by atoms with E-state index in [0.717, 1.165) is 5.56 Å². The average molecular weight is 424 g/mol. The van der Waals surface area contributed by atoms with Gasteiger partial charge in [0, 0.05) is 33.5 Å². The lowest BCUT2D eigenvalue weighted by atomic mass is 9.79. The first-order valence-corrected chi connectivity index (χ1v) is 10.0. The van der Waals surface area contributed by atoms with Crippen LogP contribution in [0, 0.1) is 0 Å². The molecule has 0 saturated carbocycles. The summed E-state index contributed by atoms with van der Waals surface area (Å²) in [4.78, 5) is 26.4. The van der Waals surface area contributed by atoms with Gasteiger partial charge in [0.1, 0.15) is 0 Å². The Hall–Kier alpha value is -3.25. The van der Waals surface area contributed by atoms with Crippen LogP contribution >= 0.6 is 11.6 Å². The summed E-state index contributed by atoms with van der Waals surface area (Å²) in [5.41, 5.74) is 4.15. The molecule has 1 aliphatic carbocycles. The van der Waals surface area contributed by atoms with Crippen molar-refractivity contribution in [2.75, 3.05) is 13.4 Å². The highest BCUT2D eigenvalue weighted by Gasteiger charge is 2.44. The normalized spacial score (nSPS) is 18.9. The number of fused-ring (bicyclic) bond motifs is 3. The average Bonchev–Trinajstić information content (AvgIpc) is 3.29. The molecule has 0 unspecified atom stereocenters. The Kier molecular flexibility index (Phi) is 4.33. The lowest BCUT2D eigenvalue weighted by Gasteiger charge is -2.29. The Bertz CT molecular complexity index is 1180. The minimum Gasteiger partial charge on any atom is -0.463 e. The highest BCUT2D eigenvalue weighted by Crippen LogP contribution is 2.50. The number of esters is 1. The molecule has 0 radical (unpaired) electrons. The number of hydrogen-bond donors (Lipinski definition) is 1. The fourth-order valence-corrected chi connectivity index (χ4v) is 4.54. The number of benzene rings is 2. The number of ether oxygens (including phenoxy) is 3. The van der Waals surface area contributed by atoms with Crippen LogP contribution < -0.4 is 14.8 Å². The summed E-state index contributed by atoms with van der Waals surface area (Å²) < 4.78 is 16.3. The second-order valence-corrected chi connectivity index (χ2v) is 7.61. The van der Waals surface area contributed by atoms with E-state index in [2.05, 4.69) is 5.32 Å². The maximum absolute atomic E-state index is 13.4. The van der Waals surface area contributed by atoms with Crippen molar-refractivity contribution in [3.8, 4) is 11.5 Å². The van der Waals surface area contributed by atoms with Gasteiger partial charge in [-0.2, -0.15) is 0 Å². The molecule has 7 heteroatoms. The molecule has 2 heterocycles. The van der Waals surface area contributed by atoms with Crippen molar-refractivity contribution in [3.63, 3.8) is 0 Å². The van der Waals surface area contributed by atoms with Crippen molar-refractivity contribution in [3.05, 3.63) is 75.0 Å². The van der Waals surface area contributed by atoms with Gasteiger partial charge in [0.2, 0.25) is 6.79 Å². The van der Waals surface area contributed by atoms with Crippen LogP contribution in [0.4, 0.5) is 0 Å². The van der Waals surface area contributed by atoms with Gasteiger partial charge in [0.25, 0.3) is 0 Å². The molecule has 152 valence electrons. The standard InChI is InChI=1S/C23H18ClNO5/c1-3-28-23(27)18-11(2)25-21-12-6-4-5-7-13(12)22(26)20(21)19(18)14-8-16-17(9-15(14)24)30-10-29-16/h4-9,19,25H,3,10H2,1-2H3/t19-/m0/s1. The number of rotatable bonds is 3. The van der Waals surface area contributed by atoms with E-state index in [0.29, 0.717) is 50.2 Å². The summed E-state index contributed by atoms with van der Waals surface area (Å²) >= 11 is 6.62. The van der Waals surface area contributed by atoms with E-state index in [1.54, 1.807) is 32.0 Å². The number of carbonyl (C=O) groups is 2. The van der Waals surface area contributed by atoms with Gasteiger partial charge < -0.3 is 19.5 Å². The maximum atomic E-state index is 13.4. The number of nitrogens with one attached hydrogen (secondary N) is 1. The molecule has 1 atom stereocenters. The fourth-order valence-electron chi connectivity index (χ4n) is 4.27. The van der Waals surface area contributed by atoms with Gasteiger partial charge in [-0.15, -0.1) is 0 Å². The zero-order valence-corrected chi connectivity index (χ0v) is 17.1. The van der Waals surface area contributed by atoms with Crippen molar-refractivity contribution < 1.29 is 23.8 Å². The number of dihydropyridines is 1. The van der Waals surface area contributed by atoms with E-state index in [-0.39, 0.29) is 19.2 Å². The van der Waals surface area contributed by atoms with Gasteiger partial charge in [0.05, 0.1) is 23.8 Å². The molecule has 6 nitrogen and oxygen atoms in total. The van der Waals surface area contributed by atoms with Gasteiger partial charge in [-0.25, -0.2) is 4.79 Å². The summed E-state index contributed by atoms with van der Waals surface area (Å²) in [7, 11) is 0. The predicted octanol–water partition coefficient (Wildman–Crippen LogP) is 4.20. The van der Waals surface area contributed by atoms with Crippen molar-refractivity contribution in [2.24, 2.45) is 0 Å². The third-order valence-electron chi connectivity index (χ3n) is 5.55. The summed E-state index contributed by atoms with van der Waals surface area (Å²) in [6, 6.07) is 10.8. The monoisotopic (exact) mass is 423 g/mol. The van der Waals surface area contributed by atoms with Crippen LogP contribution in [0.5, 0.6) is 11.5 Å². The van der Waals surface area contributed by atoms with Crippen LogP contribution in [0.25, 0.3) is 5.70 Å². The summed E-state index contributed by atoms with van der Waals surface area (Å²) in [6.45, 7) is 3.86. The van der Waals surface area contributed by atoms with Gasteiger partial charge in [-0.3, -0.25) is 4.79 Å². The lowest BCUT2D eigenvalue weighted by molar-refractivity contribution is -0.138. The molecule has 2 aromatic carbocycles. The van der Waals surface area contributed by atoms with Crippen molar-refractivity contribution in [2.45, 2.75) is 19.8 Å². The van der Waals surface area contributed by atoms with E-state index in [9.17, 15) is 9.59 Å². The Morgan fingerprint density at radius 3 is 2.63 bits per heavy atom. The first-order valence-electron chi connectivity index (χ1n) is 9.63. The van der Waals surface area contributed by atoms with Gasteiger partial charge in [-0.05, 0) is 25.5 Å². The highest BCUT2D eigenvalue weighted by molar-refractivity contribution is 6.32. The molecular weight excluding hydrogens is 406 g/mol.